The predicted molar refractivity (Wildman–Crippen MR) is 133 cm³/mol. The average Bonchev–Trinajstić information content (AvgIpc) is 2.66. The molecule has 0 fully saturated rings. The van der Waals surface area contributed by atoms with Gasteiger partial charge in [0.15, 0.2) is 5.78 Å². The van der Waals surface area contributed by atoms with E-state index in [4.69, 9.17) is 14.2 Å². The molecule has 0 bridgehead atoms. The first-order chi connectivity index (χ1) is 15.2. The van der Waals surface area contributed by atoms with Crippen LogP contribution in [0, 0.1) is 27.7 Å². The molecule has 0 saturated heterocycles. The van der Waals surface area contributed by atoms with Crippen LogP contribution < -0.4 is 9.47 Å². The zero-order chi connectivity index (χ0) is 25.1. The van der Waals surface area contributed by atoms with Gasteiger partial charge in [-0.05, 0) is 109 Å². The highest BCUT2D eigenvalue weighted by Crippen LogP contribution is 2.33. The van der Waals surface area contributed by atoms with Crippen LogP contribution in [0.5, 0.6) is 11.5 Å². The summed E-state index contributed by atoms with van der Waals surface area (Å²) in [6, 6.07) is 5.51. The van der Waals surface area contributed by atoms with E-state index < -0.39 is 5.60 Å². The summed E-state index contributed by atoms with van der Waals surface area (Å²) in [5.74, 6) is 0.850. The quantitative estimate of drug-likeness (QED) is 0.270. The molecular weight excluding hydrogens is 416 g/mol. The summed E-state index contributed by atoms with van der Waals surface area (Å²) in [5.41, 5.74) is 4.49. The van der Waals surface area contributed by atoms with E-state index in [0.717, 1.165) is 28.0 Å². The molecule has 5 nitrogen and oxygen atoms in total. The van der Waals surface area contributed by atoms with Crippen LogP contribution in [0.2, 0.25) is 0 Å². The van der Waals surface area contributed by atoms with Crippen molar-refractivity contribution in [2.75, 3.05) is 7.11 Å². The molecule has 0 heterocycles. The first-order valence-corrected chi connectivity index (χ1v) is 11.2. The van der Waals surface area contributed by atoms with Crippen molar-refractivity contribution in [1.82, 2.24) is 0 Å². The molecule has 0 aromatic heterocycles. The van der Waals surface area contributed by atoms with E-state index in [0.29, 0.717) is 22.4 Å². The minimum Gasteiger partial charge on any atom is -0.496 e. The fourth-order valence-electron chi connectivity index (χ4n) is 3.83. The van der Waals surface area contributed by atoms with E-state index in [1.165, 1.54) is 6.08 Å². The van der Waals surface area contributed by atoms with E-state index in [1.54, 1.807) is 13.2 Å². The van der Waals surface area contributed by atoms with E-state index in [9.17, 15) is 9.59 Å². The Morgan fingerprint density at radius 1 is 0.909 bits per heavy atom. The summed E-state index contributed by atoms with van der Waals surface area (Å²) >= 11 is 0. The molecule has 0 amide bonds. The Kier molecular flexibility index (Phi) is 8.12. The number of hydrogen-bond acceptors (Lipinski definition) is 5. The maximum absolute atomic E-state index is 12.9. The fourth-order valence-corrected chi connectivity index (χ4v) is 3.83. The number of aryl methyl sites for hydroxylation is 3. The third kappa shape index (κ3) is 6.47. The second kappa shape index (κ2) is 10.2. The molecule has 2 aromatic carbocycles. The summed E-state index contributed by atoms with van der Waals surface area (Å²) in [6.07, 6.45) is 3.18. The van der Waals surface area contributed by atoms with Crippen molar-refractivity contribution in [3.63, 3.8) is 0 Å². The van der Waals surface area contributed by atoms with Gasteiger partial charge in [0, 0.05) is 16.7 Å². The Bertz CT molecular complexity index is 1060. The molecule has 0 aliphatic carbocycles. The summed E-state index contributed by atoms with van der Waals surface area (Å²) in [6.45, 7) is 16.9. The van der Waals surface area contributed by atoms with Crippen molar-refractivity contribution in [2.45, 2.75) is 74.0 Å². The highest BCUT2D eigenvalue weighted by atomic mass is 16.6. The van der Waals surface area contributed by atoms with Gasteiger partial charge in [-0.25, -0.2) is 4.79 Å². The molecule has 5 heteroatoms. The molecule has 0 unspecified atom stereocenters. The van der Waals surface area contributed by atoms with Crippen molar-refractivity contribution in [2.24, 2.45) is 0 Å². The van der Waals surface area contributed by atoms with Crippen LogP contribution in [-0.2, 0) is 4.74 Å². The SMILES string of the molecule is COc1c(C)cc(C(=O)C=Cc2cc(C)c(C(=O)OC(C)(C)C)c(C)c2OC(C)C)cc1C. The fraction of sp³-hybridized carbons (Fsp3) is 0.429. The van der Waals surface area contributed by atoms with Crippen LogP contribution in [0.15, 0.2) is 24.3 Å². The van der Waals surface area contributed by atoms with Crippen molar-refractivity contribution < 1.29 is 23.8 Å². The molecule has 0 spiro atoms. The van der Waals surface area contributed by atoms with Gasteiger partial charge in [0.05, 0.1) is 18.8 Å². The number of carbonyl (C=O) groups excluding carboxylic acids is 2. The number of rotatable bonds is 7. The van der Waals surface area contributed by atoms with Gasteiger partial charge in [-0.15, -0.1) is 0 Å². The maximum atomic E-state index is 12.9. The molecule has 2 rings (SSSR count). The topological polar surface area (TPSA) is 61.8 Å². The Labute approximate surface area is 197 Å². The van der Waals surface area contributed by atoms with E-state index in [1.807, 2.05) is 80.5 Å². The Morgan fingerprint density at radius 2 is 1.48 bits per heavy atom. The number of esters is 1. The van der Waals surface area contributed by atoms with E-state index in [-0.39, 0.29) is 17.9 Å². The lowest BCUT2D eigenvalue weighted by Crippen LogP contribution is -2.25. The largest absolute Gasteiger partial charge is 0.496 e. The zero-order valence-corrected chi connectivity index (χ0v) is 21.5. The average molecular weight is 453 g/mol. The number of hydrogen-bond donors (Lipinski definition) is 0. The van der Waals surface area contributed by atoms with Crippen LogP contribution >= 0.6 is 0 Å². The first kappa shape index (κ1) is 26.2. The van der Waals surface area contributed by atoms with E-state index >= 15 is 0 Å². The number of allylic oxidation sites excluding steroid dienone is 1. The first-order valence-electron chi connectivity index (χ1n) is 11.2. The molecule has 0 saturated carbocycles. The van der Waals surface area contributed by atoms with Crippen LogP contribution in [0.3, 0.4) is 0 Å². The molecule has 0 N–H and O–H groups in total. The highest BCUT2D eigenvalue weighted by Gasteiger charge is 2.24. The summed E-state index contributed by atoms with van der Waals surface area (Å²) in [7, 11) is 1.62. The molecule has 33 heavy (non-hydrogen) atoms. The lowest BCUT2D eigenvalue weighted by molar-refractivity contribution is 0.00671. The Balaban J connectivity index is 2.50. The summed E-state index contributed by atoms with van der Waals surface area (Å²) < 4.78 is 17.1. The minimum absolute atomic E-state index is 0.104. The summed E-state index contributed by atoms with van der Waals surface area (Å²) in [5, 5.41) is 0. The maximum Gasteiger partial charge on any atom is 0.339 e. The lowest BCUT2D eigenvalue weighted by atomic mass is 9.96. The van der Waals surface area contributed by atoms with Gasteiger partial charge in [-0.1, -0.05) is 0 Å². The van der Waals surface area contributed by atoms with Crippen LogP contribution in [-0.4, -0.2) is 30.6 Å². The van der Waals surface area contributed by atoms with E-state index in [2.05, 4.69) is 0 Å². The monoisotopic (exact) mass is 452 g/mol. The molecule has 2 aromatic rings. The molecular formula is C28H36O5. The molecule has 178 valence electrons. The standard InChI is InChI=1S/C28H36O5/c1-16(2)32-26-20(6)24(27(30)33-28(7,8)9)17(3)13-21(26)11-12-23(29)22-14-18(4)25(31-10)19(5)15-22/h11-16H,1-10H3. The van der Waals surface area contributed by atoms with Gasteiger partial charge in [0.25, 0.3) is 0 Å². The van der Waals surface area contributed by atoms with Crippen molar-refractivity contribution in [3.8, 4) is 11.5 Å². The smallest absolute Gasteiger partial charge is 0.339 e. The second-order valence-electron chi connectivity index (χ2n) is 9.62. The normalized spacial score (nSPS) is 11.7. The predicted octanol–water partition coefficient (Wildman–Crippen LogP) is 6.57. The number of methoxy groups -OCH3 is 1. The van der Waals surface area contributed by atoms with Crippen molar-refractivity contribution >= 4 is 17.8 Å². The molecule has 0 atom stereocenters. The second-order valence-corrected chi connectivity index (χ2v) is 9.62. The lowest BCUT2D eigenvalue weighted by Gasteiger charge is -2.23. The van der Waals surface area contributed by atoms with Gasteiger partial charge in [-0.2, -0.15) is 0 Å². The number of carbonyl (C=O) groups is 2. The number of ether oxygens (including phenoxy) is 3. The highest BCUT2D eigenvalue weighted by molar-refractivity contribution is 6.07. The Morgan fingerprint density at radius 3 is 1.97 bits per heavy atom. The van der Waals surface area contributed by atoms with Crippen LogP contribution in [0.4, 0.5) is 0 Å². The molecule has 0 aliphatic rings. The third-order valence-corrected chi connectivity index (χ3v) is 5.06. The van der Waals surface area contributed by atoms with Gasteiger partial charge < -0.3 is 14.2 Å². The minimum atomic E-state index is -0.603. The molecule has 0 aliphatic heterocycles. The molecule has 0 radical (unpaired) electrons. The van der Waals surface area contributed by atoms with Gasteiger partial charge in [0.1, 0.15) is 17.1 Å². The third-order valence-electron chi connectivity index (χ3n) is 5.06. The number of ketones is 1. The van der Waals surface area contributed by atoms with Gasteiger partial charge in [-0.3, -0.25) is 4.79 Å². The van der Waals surface area contributed by atoms with Crippen LogP contribution in [0.25, 0.3) is 6.08 Å². The van der Waals surface area contributed by atoms with Crippen molar-refractivity contribution in [1.29, 1.82) is 0 Å². The Hall–Kier alpha value is -3.08. The number of benzene rings is 2. The van der Waals surface area contributed by atoms with Crippen LogP contribution in [0.1, 0.15) is 83.2 Å². The summed E-state index contributed by atoms with van der Waals surface area (Å²) in [4.78, 5) is 25.8. The van der Waals surface area contributed by atoms with Crippen molar-refractivity contribution in [3.05, 3.63) is 63.2 Å². The zero-order valence-electron chi connectivity index (χ0n) is 21.5. The van der Waals surface area contributed by atoms with Gasteiger partial charge in [0.2, 0.25) is 0 Å². The van der Waals surface area contributed by atoms with Gasteiger partial charge >= 0.3 is 5.97 Å².